The number of hydrogen-bond donors (Lipinski definition) is 2. The van der Waals surface area contributed by atoms with Gasteiger partial charge in [0, 0.05) is 16.5 Å². The third-order valence-corrected chi connectivity index (χ3v) is 4.75. The Hall–Kier alpha value is -1.29. The Kier molecular flexibility index (Phi) is 5.65. The number of thioether (sulfide) groups is 1. The van der Waals surface area contributed by atoms with Crippen LogP contribution in [0.2, 0.25) is 0 Å². The summed E-state index contributed by atoms with van der Waals surface area (Å²) in [5, 5.41) is 9.62. The molecule has 3 unspecified atom stereocenters. The molecule has 106 valence electrons. The van der Waals surface area contributed by atoms with Gasteiger partial charge in [-0.05, 0) is 11.1 Å². The fraction of sp³-hybridized carbons (Fsp3) is 0.294. The van der Waals surface area contributed by atoms with Gasteiger partial charge in [0.05, 0.1) is 6.61 Å². The van der Waals surface area contributed by atoms with E-state index in [2.05, 4.69) is 24.3 Å². The van der Waals surface area contributed by atoms with Gasteiger partial charge in [0.15, 0.2) is 0 Å². The number of benzene rings is 2. The molecule has 0 aliphatic rings. The van der Waals surface area contributed by atoms with E-state index >= 15 is 0 Å². The highest BCUT2D eigenvalue weighted by atomic mass is 32.2. The number of nitrogens with two attached hydrogens (primary N) is 1. The molecular formula is C17H21NOS. The van der Waals surface area contributed by atoms with E-state index in [0.29, 0.717) is 0 Å². The smallest absolute Gasteiger partial charge is 0.0547 e. The van der Waals surface area contributed by atoms with Crippen molar-refractivity contribution >= 4 is 11.8 Å². The predicted molar refractivity (Wildman–Crippen MR) is 86.7 cm³/mol. The van der Waals surface area contributed by atoms with Crippen molar-refractivity contribution in [3.8, 4) is 0 Å². The van der Waals surface area contributed by atoms with Gasteiger partial charge < -0.3 is 10.8 Å². The summed E-state index contributed by atoms with van der Waals surface area (Å²) < 4.78 is 0. The Labute approximate surface area is 125 Å². The Morgan fingerprint density at radius 3 is 1.95 bits per heavy atom. The summed E-state index contributed by atoms with van der Waals surface area (Å²) in [6.45, 7) is 2.19. The maximum Gasteiger partial charge on any atom is 0.0547 e. The molecule has 0 heterocycles. The third kappa shape index (κ3) is 3.85. The predicted octanol–water partition coefficient (Wildman–Crippen LogP) is 3.54. The second-order valence-corrected chi connectivity index (χ2v) is 6.48. The molecule has 3 atom stereocenters. The van der Waals surface area contributed by atoms with Crippen molar-refractivity contribution in [1.82, 2.24) is 0 Å². The van der Waals surface area contributed by atoms with E-state index in [9.17, 15) is 5.11 Å². The van der Waals surface area contributed by atoms with Crippen LogP contribution in [0, 0.1) is 0 Å². The molecule has 2 nitrogen and oxygen atoms in total. The number of aliphatic hydroxyl groups is 1. The molecule has 0 radical (unpaired) electrons. The van der Waals surface area contributed by atoms with Gasteiger partial charge in [0.2, 0.25) is 0 Å². The zero-order valence-corrected chi connectivity index (χ0v) is 12.5. The van der Waals surface area contributed by atoms with Crippen molar-refractivity contribution in [2.24, 2.45) is 5.73 Å². The van der Waals surface area contributed by atoms with Gasteiger partial charge >= 0.3 is 0 Å². The SMILES string of the molecule is CC(CO)SC(c1ccccc1)C(N)c1ccccc1. The normalized spacial score (nSPS) is 15.6. The van der Waals surface area contributed by atoms with E-state index in [1.54, 1.807) is 11.8 Å². The van der Waals surface area contributed by atoms with E-state index < -0.39 is 0 Å². The second-order valence-electron chi connectivity index (χ2n) is 4.90. The largest absolute Gasteiger partial charge is 0.395 e. The Bertz CT molecular complexity index is 503. The fourth-order valence-electron chi connectivity index (χ4n) is 2.16. The van der Waals surface area contributed by atoms with Gasteiger partial charge in [-0.15, -0.1) is 11.8 Å². The summed E-state index contributed by atoms with van der Waals surface area (Å²) >= 11 is 1.73. The second kappa shape index (κ2) is 7.48. The molecule has 0 saturated carbocycles. The molecule has 0 amide bonds. The monoisotopic (exact) mass is 287 g/mol. The standard InChI is InChI=1S/C17H21NOS/c1-13(12-19)20-17(15-10-6-3-7-11-15)16(18)14-8-4-2-5-9-14/h2-11,13,16-17,19H,12,18H2,1H3. The first-order chi connectivity index (χ1) is 9.72. The maximum atomic E-state index is 9.32. The van der Waals surface area contributed by atoms with Gasteiger partial charge in [0.25, 0.3) is 0 Å². The van der Waals surface area contributed by atoms with E-state index in [1.165, 1.54) is 5.56 Å². The van der Waals surface area contributed by atoms with Gasteiger partial charge in [-0.1, -0.05) is 67.6 Å². The molecule has 2 rings (SSSR count). The van der Waals surface area contributed by atoms with Crippen LogP contribution in [0.15, 0.2) is 60.7 Å². The summed E-state index contributed by atoms with van der Waals surface area (Å²) in [5.41, 5.74) is 8.80. The zero-order chi connectivity index (χ0) is 14.4. The first kappa shape index (κ1) is 15.1. The highest BCUT2D eigenvalue weighted by Gasteiger charge is 2.23. The first-order valence-electron chi connectivity index (χ1n) is 6.84. The Morgan fingerprint density at radius 2 is 1.45 bits per heavy atom. The summed E-state index contributed by atoms with van der Waals surface area (Å²) in [7, 11) is 0. The molecule has 0 bridgehead atoms. The van der Waals surface area contributed by atoms with Crippen LogP contribution in [0.3, 0.4) is 0 Å². The molecule has 20 heavy (non-hydrogen) atoms. The van der Waals surface area contributed by atoms with Crippen molar-refractivity contribution in [3.63, 3.8) is 0 Å². The maximum absolute atomic E-state index is 9.32. The average Bonchev–Trinajstić information content (AvgIpc) is 2.53. The molecule has 2 aromatic rings. The zero-order valence-electron chi connectivity index (χ0n) is 11.6. The van der Waals surface area contributed by atoms with Crippen LogP contribution in [0.25, 0.3) is 0 Å². The molecule has 0 aliphatic carbocycles. The van der Waals surface area contributed by atoms with Gasteiger partial charge in [-0.25, -0.2) is 0 Å². The van der Waals surface area contributed by atoms with Gasteiger partial charge in [0.1, 0.15) is 0 Å². The van der Waals surface area contributed by atoms with Crippen LogP contribution in [-0.4, -0.2) is 17.0 Å². The summed E-state index contributed by atoms with van der Waals surface area (Å²) in [6, 6.07) is 20.3. The average molecular weight is 287 g/mol. The van der Waals surface area contributed by atoms with Crippen molar-refractivity contribution in [2.45, 2.75) is 23.5 Å². The summed E-state index contributed by atoms with van der Waals surface area (Å²) in [5.74, 6) is 0. The highest BCUT2D eigenvalue weighted by Crippen LogP contribution is 2.40. The molecule has 2 aromatic carbocycles. The lowest BCUT2D eigenvalue weighted by Gasteiger charge is -2.26. The van der Waals surface area contributed by atoms with E-state index in [4.69, 9.17) is 5.73 Å². The minimum absolute atomic E-state index is 0.0856. The van der Waals surface area contributed by atoms with Gasteiger partial charge in [-0.3, -0.25) is 0 Å². The Morgan fingerprint density at radius 1 is 0.950 bits per heavy atom. The number of hydrogen-bond acceptors (Lipinski definition) is 3. The molecule has 0 aromatic heterocycles. The van der Waals surface area contributed by atoms with Crippen LogP contribution in [0.4, 0.5) is 0 Å². The van der Waals surface area contributed by atoms with Crippen molar-refractivity contribution < 1.29 is 5.11 Å². The summed E-state index contributed by atoms with van der Waals surface area (Å²) in [4.78, 5) is 0. The molecule has 3 heteroatoms. The van der Waals surface area contributed by atoms with Crippen LogP contribution in [0.5, 0.6) is 0 Å². The highest BCUT2D eigenvalue weighted by molar-refractivity contribution is 8.00. The molecule has 3 N–H and O–H groups in total. The van der Waals surface area contributed by atoms with Crippen LogP contribution >= 0.6 is 11.8 Å². The third-order valence-electron chi connectivity index (χ3n) is 3.27. The van der Waals surface area contributed by atoms with Crippen LogP contribution in [0.1, 0.15) is 29.3 Å². The lowest BCUT2D eigenvalue weighted by Crippen LogP contribution is -2.20. The Balaban J connectivity index is 2.27. The molecule has 0 saturated heterocycles. The number of rotatable bonds is 6. The van der Waals surface area contributed by atoms with Crippen molar-refractivity contribution in [3.05, 3.63) is 71.8 Å². The topological polar surface area (TPSA) is 46.2 Å². The number of aliphatic hydroxyl groups excluding tert-OH is 1. The van der Waals surface area contributed by atoms with E-state index in [-0.39, 0.29) is 23.1 Å². The van der Waals surface area contributed by atoms with E-state index in [1.807, 2.05) is 43.3 Å². The van der Waals surface area contributed by atoms with Crippen LogP contribution in [-0.2, 0) is 0 Å². The molecular weight excluding hydrogens is 266 g/mol. The first-order valence-corrected chi connectivity index (χ1v) is 7.78. The molecule has 0 spiro atoms. The lowest BCUT2D eigenvalue weighted by atomic mass is 9.99. The van der Waals surface area contributed by atoms with Crippen LogP contribution < -0.4 is 5.73 Å². The quantitative estimate of drug-likeness (QED) is 0.854. The van der Waals surface area contributed by atoms with Crippen molar-refractivity contribution in [1.29, 1.82) is 0 Å². The van der Waals surface area contributed by atoms with E-state index in [0.717, 1.165) is 5.56 Å². The minimum atomic E-state index is -0.0856. The summed E-state index contributed by atoms with van der Waals surface area (Å²) in [6.07, 6.45) is 0. The molecule has 0 fully saturated rings. The lowest BCUT2D eigenvalue weighted by molar-refractivity contribution is 0.299. The van der Waals surface area contributed by atoms with Gasteiger partial charge in [-0.2, -0.15) is 0 Å². The molecule has 0 aliphatic heterocycles. The minimum Gasteiger partial charge on any atom is -0.395 e. The van der Waals surface area contributed by atoms with Crippen molar-refractivity contribution in [2.75, 3.05) is 6.61 Å². The fourth-order valence-corrected chi connectivity index (χ4v) is 3.38.